The molecule has 2 rings (SSSR count). The predicted octanol–water partition coefficient (Wildman–Crippen LogP) is 2.23. The summed E-state index contributed by atoms with van der Waals surface area (Å²) in [5.41, 5.74) is 1.94. The molecule has 0 fully saturated rings. The highest BCUT2D eigenvalue weighted by atomic mass is 32.2. The van der Waals surface area contributed by atoms with E-state index in [9.17, 15) is 13.2 Å². The SMILES string of the molecule is COc1ccccc1NC(=O)CNS(=O)(=O)c1cc(C)ccc1C. The van der Waals surface area contributed by atoms with Crippen molar-refractivity contribution in [3.05, 3.63) is 53.6 Å². The summed E-state index contributed by atoms with van der Waals surface area (Å²) in [5.74, 6) is 0.0246. The van der Waals surface area contributed by atoms with Crippen LogP contribution in [-0.2, 0) is 14.8 Å². The molecule has 0 spiro atoms. The minimum atomic E-state index is -3.76. The molecule has 0 radical (unpaired) electrons. The van der Waals surface area contributed by atoms with Gasteiger partial charge < -0.3 is 10.1 Å². The average molecular weight is 348 g/mol. The van der Waals surface area contributed by atoms with Crippen molar-refractivity contribution in [3.63, 3.8) is 0 Å². The van der Waals surface area contributed by atoms with Crippen LogP contribution in [0, 0.1) is 13.8 Å². The summed E-state index contributed by atoms with van der Waals surface area (Å²) in [6.45, 7) is 3.16. The standard InChI is InChI=1S/C17H20N2O4S/c1-12-8-9-13(2)16(10-12)24(21,22)18-11-17(20)19-14-6-4-5-7-15(14)23-3/h4-10,18H,11H2,1-3H3,(H,19,20). The van der Waals surface area contributed by atoms with Gasteiger partial charge in [-0.3, -0.25) is 4.79 Å². The van der Waals surface area contributed by atoms with Gasteiger partial charge >= 0.3 is 0 Å². The van der Waals surface area contributed by atoms with E-state index >= 15 is 0 Å². The number of hydrogen-bond donors (Lipinski definition) is 2. The van der Waals surface area contributed by atoms with E-state index in [-0.39, 0.29) is 11.4 Å². The summed E-state index contributed by atoms with van der Waals surface area (Å²) in [5, 5.41) is 2.62. The molecule has 128 valence electrons. The number of methoxy groups -OCH3 is 1. The smallest absolute Gasteiger partial charge is 0.241 e. The van der Waals surface area contributed by atoms with Gasteiger partial charge in [-0.15, -0.1) is 0 Å². The van der Waals surface area contributed by atoms with Crippen LogP contribution in [0.3, 0.4) is 0 Å². The van der Waals surface area contributed by atoms with E-state index in [4.69, 9.17) is 4.74 Å². The van der Waals surface area contributed by atoms with E-state index in [1.807, 2.05) is 13.0 Å². The van der Waals surface area contributed by atoms with E-state index in [1.54, 1.807) is 43.3 Å². The van der Waals surface area contributed by atoms with Gasteiger partial charge in [0, 0.05) is 0 Å². The van der Waals surface area contributed by atoms with Crippen molar-refractivity contribution in [2.45, 2.75) is 18.7 Å². The molecule has 0 unspecified atom stereocenters. The average Bonchev–Trinajstić information content (AvgIpc) is 2.56. The summed E-state index contributed by atoms with van der Waals surface area (Å²) < 4.78 is 32.2. The number of sulfonamides is 1. The lowest BCUT2D eigenvalue weighted by Crippen LogP contribution is -2.33. The molecule has 2 aromatic rings. The van der Waals surface area contributed by atoms with E-state index in [0.717, 1.165) is 5.56 Å². The monoisotopic (exact) mass is 348 g/mol. The van der Waals surface area contributed by atoms with Crippen LogP contribution in [0.4, 0.5) is 5.69 Å². The zero-order valence-corrected chi connectivity index (χ0v) is 14.6. The molecule has 0 aliphatic rings. The highest BCUT2D eigenvalue weighted by molar-refractivity contribution is 7.89. The third-order valence-electron chi connectivity index (χ3n) is 3.44. The molecule has 0 aliphatic heterocycles. The molecule has 0 saturated carbocycles. The molecule has 2 aromatic carbocycles. The number of aryl methyl sites for hydroxylation is 2. The van der Waals surface area contributed by atoms with Crippen LogP contribution in [0.15, 0.2) is 47.4 Å². The Kier molecular flexibility index (Phi) is 5.58. The normalized spacial score (nSPS) is 11.1. The number of ether oxygens (including phenoxy) is 1. The predicted molar refractivity (Wildman–Crippen MR) is 92.7 cm³/mol. The van der Waals surface area contributed by atoms with Crippen LogP contribution in [0.1, 0.15) is 11.1 Å². The fourth-order valence-electron chi connectivity index (χ4n) is 2.18. The molecular formula is C17H20N2O4S. The Labute approximate surface area is 141 Å². The van der Waals surface area contributed by atoms with Crippen LogP contribution in [0.2, 0.25) is 0 Å². The maximum absolute atomic E-state index is 12.4. The Hall–Kier alpha value is -2.38. The van der Waals surface area contributed by atoms with Crippen molar-refractivity contribution >= 4 is 21.6 Å². The van der Waals surface area contributed by atoms with Gasteiger partial charge in [0.15, 0.2) is 0 Å². The Bertz CT molecular complexity index is 847. The van der Waals surface area contributed by atoms with Crippen LogP contribution in [-0.4, -0.2) is 28.0 Å². The molecule has 0 saturated heterocycles. The molecular weight excluding hydrogens is 328 g/mol. The van der Waals surface area contributed by atoms with Crippen molar-refractivity contribution in [2.24, 2.45) is 0 Å². The van der Waals surface area contributed by atoms with Crippen LogP contribution in [0.5, 0.6) is 5.75 Å². The molecule has 1 amide bonds. The number of nitrogens with one attached hydrogen (secondary N) is 2. The van der Waals surface area contributed by atoms with Crippen molar-refractivity contribution in [1.82, 2.24) is 4.72 Å². The lowest BCUT2D eigenvalue weighted by Gasteiger charge is -2.12. The zero-order valence-electron chi connectivity index (χ0n) is 13.8. The van der Waals surface area contributed by atoms with E-state index in [0.29, 0.717) is 17.0 Å². The topological polar surface area (TPSA) is 84.5 Å². The highest BCUT2D eigenvalue weighted by Crippen LogP contribution is 2.22. The molecule has 2 N–H and O–H groups in total. The van der Waals surface area contributed by atoms with Crippen LogP contribution >= 0.6 is 0 Å². The third-order valence-corrected chi connectivity index (χ3v) is 4.98. The number of benzene rings is 2. The van der Waals surface area contributed by atoms with E-state index in [1.165, 1.54) is 7.11 Å². The van der Waals surface area contributed by atoms with Crippen LogP contribution < -0.4 is 14.8 Å². The maximum atomic E-state index is 12.4. The van der Waals surface area contributed by atoms with Gasteiger partial charge in [0.25, 0.3) is 0 Å². The second-order valence-corrected chi connectivity index (χ2v) is 7.08. The molecule has 0 heterocycles. The molecule has 0 bridgehead atoms. The molecule has 24 heavy (non-hydrogen) atoms. The lowest BCUT2D eigenvalue weighted by atomic mass is 10.2. The van der Waals surface area contributed by atoms with Gasteiger partial charge in [0.2, 0.25) is 15.9 Å². The van der Waals surface area contributed by atoms with Gasteiger partial charge in [-0.1, -0.05) is 24.3 Å². The van der Waals surface area contributed by atoms with Crippen LogP contribution in [0.25, 0.3) is 0 Å². The van der Waals surface area contributed by atoms with E-state index in [2.05, 4.69) is 10.0 Å². The molecule has 0 atom stereocenters. The highest BCUT2D eigenvalue weighted by Gasteiger charge is 2.18. The molecule has 0 aromatic heterocycles. The number of hydrogen-bond acceptors (Lipinski definition) is 4. The van der Waals surface area contributed by atoms with Gasteiger partial charge in [-0.2, -0.15) is 0 Å². The number of anilines is 1. The lowest BCUT2D eigenvalue weighted by molar-refractivity contribution is -0.115. The zero-order chi connectivity index (χ0) is 17.7. The maximum Gasteiger partial charge on any atom is 0.241 e. The summed E-state index contributed by atoms with van der Waals surface area (Å²) in [7, 11) is -2.26. The van der Waals surface area contributed by atoms with Crippen molar-refractivity contribution in [1.29, 1.82) is 0 Å². The minimum Gasteiger partial charge on any atom is -0.495 e. The Balaban J connectivity index is 2.06. The number of carbonyl (C=O) groups excluding carboxylic acids is 1. The first kappa shape index (κ1) is 18.0. The van der Waals surface area contributed by atoms with Gasteiger partial charge in [0.1, 0.15) is 5.75 Å². The molecule has 0 aliphatic carbocycles. The summed E-state index contributed by atoms with van der Waals surface area (Å²) in [6, 6.07) is 12.1. The number of rotatable bonds is 6. The summed E-state index contributed by atoms with van der Waals surface area (Å²) >= 11 is 0. The second kappa shape index (κ2) is 7.46. The minimum absolute atomic E-state index is 0.174. The number of para-hydroxylation sites is 2. The van der Waals surface area contributed by atoms with Gasteiger partial charge in [-0.25, -0.2) is 13.1 Å². The first-order chi connectivity index (χ1) is 11.3. The summed E-state index contributed by atoms with van der Waals surface area (Å²) in [4.78, 5) is 12.2. The Morgan fingerprint density at radius 2 is 1.83 bits per heavy atom. The van der Waals surface area contributed by atoms with E-state index < -0.39 is 15.9 Å². The van der Waals surface area contributed by atoms with Crippen molar-refractivity contribution < 1.29 is 17.9 Å². The quantitative estimate of drug-likeness (QED) is 0.838. The summed E-state index contributed by atoms with van der Waals surface area (Å²) in [6.07, 6.45) is 0. The third kappa shape index (κ3) is 4.33. The first-order valence-corrected chi connectivity index (χ1v) is 8.81. The van der Waals surface area contributed by atoms with Gasteiger partial charge in [0.05, 0.1) is 24.2 Å². The molecule has 7 heteroatoms. The fourth-order valence-corrected chi connectivity index (χ4v) is 3.49. The second-order valence-electron chi connectivity index (χ2n) is 5.34. The van der Waals surface area contributed by atoms with Crippen molar-refractivity contribution in [2.75, 3.05) is 19.0 Å². The van der Waals surface area contributed by atoms with Gasteiger partial charge in [-0.05, 0) is 43.2 Å². The largest absolute Gasteiger partial charge is 0.495 e. The Morgan fingerprint density at radius 3 is 2.54 bits per heavy atom. The van der Waals surface area contributed by atoms with Crippen molar-refractivity contribution in [3.8, 4) is 5.75 Å². The molecule has 6 nitrogen and oxygen atoms in total. The number of amides is 1. The number of carbonyl (C=O) groups is 1. The fraction of sp³-hybridized carbons (Fsp3) is 0.235. The first-order valence-electron chi connectivity index (χ1n) is 7.33. The Morgan fingerprint density at radius 1 is 1.12 bits per heavy atom.